The smallest absolute Gasteiger partial charge is 0.297 e. The lowest BCUT2D eigenvalue weighted by atomic mass is 9.98. The van der Waals surface area contributed by atoms with E-state index in [9.17, 15) is 4.79 Å². The Hall–Kier alpha value is -3.86. The molecule has 0 aliphatic rings. The number of fused-ring (bicyclic) bond motifs is 1. The van der Waals surface area contributed by atoms with Crippen molar-refractivity contribution in [2.75, 3.05) is 13.7 Å². The Morgan fingerprint density at radius 2 is 1.69 bits per heavy atom. The highest BCUT2D eigenvalue weighted by atomic mass is 16.5. The van der Waals surface area contributed by atoms with Crippen LogP contribution in [0.25, 0.3) is 22.2 Å². The molecule has 1 heterocycles. The highest BCUT2D eigenvalue weighted by Gasteiger charge is 2.25. The van der Waals surface area contributed by atoms with Crippen LogP contribution in [0.3, 0.4) is 0 Å². The maximum absolute atomic E-state index is 13.5. The Morgan fingerprint density at radius 1 is 1.03 bits per heavy atom. The highest BCUT2D eigenvalue weighted by molar-refractivity contribution is 6.01. The van der Waals surface area contributed by atoms with Gasteiger partial charge in [-0.3, -0.25) is 9.36 Å². The number of hydrogen-bond donors (Lipinski definition) is 0. The molecule has 0 aliphatic heterocycles. The average molecular weight is 426 g/mol. The average Bonchev–Trinajstić information content (AvgIpc) is 3.14. The molecule has 1 aromatic heterocycles. The molecule has 1 amide bonds. The first-order chi connectivity index (χ1) is 15.5. The number of amides is 1. The van der Waals surface area contributed by atoms with Gasteiger partial charge in [-0.15, -0.1) is 0 Å². The molecule has 5 nitrogen and oxygen atoms in total. The first kappa shape index (κ1) is 21.4. The highest BCUT2D eigenvalue weighted by Crippen LogP contribution is 2.26. The summed E-state index contributed by atoms with van der Waals surface area (Å²) in [6.45, 7) is 6.29. The molecule has 4 aromatic rings. The number of ether oxygens (including phenoxy) is 1. The molecule has 3 aromatic carbocycles. The van der Waals surface area contributed by atoms with Crippen LogP contribution in [-0.2, 0) is 7.05 Å². The van der Waals surface area contributed by atoms with Gasteiger partial charge in [0.25, 0.3) is 11.9 Å². The van der Waals surface area contributed by atoms with Crippen molar-refractivity contribution in [2.24, 2.45) is 7.05 Å². The van der Waals surface area contributed by atoms with E-state index in [-0.39, 0.29) is 18.6 Å². The van der Waals surface area contributed by atoms with Crippen molar-refractivity contribution in [2.45, 2.75) is 13.0 Å². The predicted molar refractivity (Wildman–Crippen MR) is 129 cm³/mol. The van der Waals surface area contributed by atoms with Gasteiger partial charge in [0.05, 0.1) is 17.1 Å². The van der Waals surface area contributed by atoms with Crippen molar-refractivity contribution in [1.82, 2.24) is 14.5 Å². The molecule has 162 valence electrons. The molecule has 0 fully saturated rings. The second kappa shape index (κ2) is 9.10. The Labute approximate surface area is 188 Å². The molecule has 4 rings (SSSR count). The third-order valence-corrected chi connectivity index (χ3v) is 5.72. The lowest BCUT2D eigenvalue weighted by molar-refractivity contribution is 0.0707. The van der Waals surface area contributed by atoms with Crippen LogP contribution in [0.1, 0.15) is 17.3 Å². The van der Waals surface area contributed by atoms with Gasteiger partial charge in [0, 0.05) is 19.7 Å². The van der Waals surface area contributed by atoms with Crippen LogP contribution in [0.5, 0.6) is 6.01 Å². The van der Waals surface area contributed by atoms with E-state index in [1.807, 2.05) is 97.4 Å². The van der Waals surface area contributed by atoms with E-state index >= 15 is 0 Å². The molecule has 0 spiro atoms. The minimum atomic E-state index is -0.300. The van der Waals surface area contributed by atoms with Crippen molar-refractivity contribution in [1.29, 1.82) is 0 Å². The summed E-state index contributed by atoms with van der Waals surface area (Å²) >= 11 is 0. The van der Waals surface area contributed by atoms with E-state index in [0.29, 0.717) is 11.6 Å². The van der Waals surface area contributed by atoms with E-state index in [1.54, 1.807) is 11.9 Å². The number of para-hydroxylation sites is 2. The number of nitrogens with zero attached hydrogens (tertiary/aromatic N) is 3. The van der Waals surface area contributed by atoms with E-state index < -0.39 is 0 Å². The Bertz CT molecular complexity index is 1260. The maximum Gasteiger partial charge on any atom is 0.297 e. The van der Waals surface area contributed by atoms with Crippen LogP contribution in [0.15, 0.2) is 91.0 Å². The summed E-state index contributed by atoms with van der Waals surface area (Å²) in [6.07, 6.45) is 0. The third kappa shape index (κ3) is 4.14. The molecule has 0 saturated carbocycles. The van der Waals surface area contributed by atoms with Gasteiger partial charge in [-0.1, -0.05) is 72.8 Å². The normalized spacial score (nSPS) is 11.8. The maximum atomic E-state index is 13.5. The fourth-order valence-corrected chi connectivity index (χ4v) is 3.86. The van der Waals surface area contributed by atoms with Gasteiger partial charge in [-0.05, 0) is 36.2 Å². The number of carbonyl (C=O) groups is 1. The number of aromatic nitrogens is 2. The van der Waals surface area contributed by atoms with Crippen LogP contribution < -0.4 is 4.74 Å². The van der Waals surface area contributed by atoms with Crippen LogP contribution >= 0.6 is 0 Å². The minimum Gasteiger partial charge on any atom is -0.462 e. The summed E-state index contributed by atoms with van der Waals surface area (Å²) in [5, 5.41) is 0. The monoisotopic (exact) mass is 425 g/mol. The molecule has 0 unspecified atom stereocenters. The Morgan fingerprint density at radius 3 is 2.41 bits per heavy atom. The summed E-state index contributed by atoms with van der Waals surface area (Å²) in [7, 11) is 3.72. The van der Waals surface area contributed by atoms with Gasteiger partial charge >= 0.3 is 0 Å². The number of carbonyl (C=O) groups excluding carboxylic acids is 1. The zero-order valence-electron chi connectivity index (χ0n) is 18.7. The minimum absolute atomic E-state index is 0.0777. The first-order valence-corrected chi connectivity index (χ1v) is 10.6. The lowest BCUT2D eigenvalue weighted by Gasteiger charge is -2.29. The van der Waals surface area contributed by atoms with Crippen molar-refractivity contribution >= 4 is 16.9 Å². The van der Waals surface area contributed by atoms with Crippen molar-refractivity contribution in [3.8, 4) is 17.1 Å². The summed E-state index contributed by atoms with van der Waals surface area (Å²) in [6, 6.07) is 25.7. The summed E-state index contributed by atoms with van der Waals surface area (Å²) < 4.78 is 7.98. The molecule has 32 heavy (non-hydrogen) atoms. The van der Waals surface area contributed by atoms with Crippen LogP contribution in [0, 0.1) is 0 Å². The van der Waals surface area contributed by atoms with E-state index in [0.717, 1.165) is 27.7 Å². The number of hydrogen-bond acceptors (Lipinski definition) is 3. The molecular formula is C27H27N3O2. The Balaban J connectivity index is 1.57. The zero-order chi connectivity index (χ0) is 22.7. The molecule has 0 aliphatic carbocycles. The van der Waals surface area contributed by atoms with Crippen LogP contribution in [0.2, 0.25) is 0 Å². The number of aryl methyl sites for hydroxylation is 1. The molecule has 0 bridgehead atoms. The topological polar surface area (TPSA) is 47.4 Å². The van der Waals surface area contributed by atoms with Gasteiger partial charge in [0.2, 0.25) is 0 Å². The summed E-state index contributed by atoms with van der Waals surface area (Å²) in [5.41, 5.74) is 5.27. The molecule has 0 N–H and O–H groups in total. The predicted octanol–water partition coefficient (Wildman–Crippen LogP) is 5.34. The van der Waals surface area contributed by atoms with Crippen molar-refractivity contribution in [3.63, 3.8) is 0 Å². The summed E-state index contributed by atoms with van der Waals surface area (Å²) in [4.78, 5) is 19.8. The third-order valence-electron chi connectivity index (χ3n) is 5.72. The van der Waals surface area contributed by atoms with Gasteiger partial charge in [-0.2, -0.15) is 4.98 Å². The van der Waals surface area contributed by atoms with E-state index in [4.69, 9.17) is 4.74 Å². The van der Waals surface area contributed by atoms with Gasteiger partial charge in [0.15, 0.2) is 0 Å². The molecular weight excluding hydrogens is 398 g/mol. The standard InChI is InChI=1S/C27H27N3O2/c1-19(2)25(18-32-27-28-23-16-10-11-17-24(23)30(27)4)29(3)26(31)22-15-9-8-14-21(22)20-12-6-5-7-13-20/h5-17,25H,1,18H2,2-4H3/t25-/m1/s1. The van der Waals surface area contributed by atoms with E-state index in [2.05, 4.69) is 11.6 Å². The molecule has 1 atom stereocenters. The van der Waals surface area contributed by atoms with Gasteiger partial charge < -0.3 is 9.64 Å². The molecule has 5 heteroatoms. The first-order valence-electron chi connectivity index (χ1n) is 10.6. The second-order valence-corrected chi connectivity index (χ2v) is 7.94. The fourth-order valence-electron chi connectivity index (χ4n) is 3.86. The largest absolute Gasteiger partial charge is 0.462 e. The van der Waals surface area contributed by atoms with Crippen molar-refractivity contribution in [3.05, 3.63) is 96.6 Å². The fraction of sp³-hybridized carbons (Fsp3) is 0.185. The summed E-state index contributed by atoms with van der Waals surface area (Å²) in [5.74, 6) is -0.0777. The number of likely N-dealkylation sites (N-methyl/N-ethyl adjacent to an activating group) is 1. The SMILES string of the molecule is C=C(C)[C@@H](COc1nc2ccccc2n1C)N(C)C(=O)c1ccccc1-c1ccccc1. The quantitative estimate of drug-likeness (QED) is 0.376. The molecule has 0 saturated heterocycles. The van der Waals surface area contributed by atoms with E-state index in [1.165, 1.54) is 0 Å². The lowest BCUT2D eigenvalue weighted by Crippen LogP contribution is -2.41. The van der Waals surface area contributed by atoms with Gasteiger partial charge in [0.1, 0.15) is 6.61 Å². The number of imidazole rings is 1. The van der Waals surface area contributed by atoms with Crippen LogP contribution in [-0.4, -0.2) is 40.1 Å². The zero-order valence-corrected chi connectivity index (χ0v) is 18.7. The van der Waals surface area contributed by atoms with Gasteiger partial charge in [-0.25, -0.2) is 0 Å². The number of benzene rings is 3. The Kier molecular flexibility index (Phi) is 6.08. The molecule has 0 radical (unpaired) electrons. The van der Waals surface area contributed by atoms with Crippen molar-refractivity contribution < 1.29 is 9.53 Å². The second-order valence-electron chi connectivity index (χ2n) is 7.94. The number of rotatable bonds is 7. The van der Waals surface area contributed by atoms with Crippen LogP contribution in [0.4, 0.5) is 0 Å².